The molecule has 0 bridgehead atoms. The largest absolute Gasteiger partial charge is 0.378 e. The van der Waals surface area contributed by atoms with E-state index in [1.807, 2.05) is 0 Å². The monoisotopic (exact) mass is 250 g/mol. The maximum absolute atomic E-state index is 5.63. The predicted molar refractivity (Wildman–Crippen MR) is 74.9 cm³/mol. The van der Waals surface area contributed by atoms with Gasteiger partial charge in [-0.25, -0.2) is 0 Å². The first kappa shape index (κ1) is 13.6. The van der Waals surface area contributed by atoms with E-state index in [4.69, 9.17) is 4.74 Å². The number of hydrogen-bond acceptors (Lipinski definition) is 2. The first-order valence-electron chi connectivity index (χ1n) is 7.20. The fourth-order valence-corrected chi connectivity index (χ4v) is 2.90. The maximum Gasteiger partial charge on any atom is 0.0588 e. The molecule has 1 aliphatic heterocycles. The van der Waals surface area contributed by atoms with Gasteiger partial charge in [0.1, 0.15) is 0 Å². The van der Waals surface area contributed by atoms with E-state index in [0.29, 0.717) is 6.10 Å². The van der Waals surface area contributed by atoms with Crippen molar-refractivity contribution < 1.29 is 4.74 Å². The van der Waals surface area contributed by atoms with Crippen molar-refractivity contribution in [1.82, 2.24) is 9.88 Å². The Hall–Kier alpha value is -0.800. The number of rotatable bonds is 6. The van der Waals surface area contributed by atoms with Gasteiger partial charge in [0.15, 0.2) is 0 Å². The summed E-state index contributed by atoms with van der Waals surface area (Å²) in [4.78, 5) is 0. The van der Waals surface area contributed by atoms with E-state index in [2.05, 4.69) is 36.7 Å². The first-order chi connectivity index (χ1) is 8.72. The van der Waals surface area contributed by atoms with Gasteiger partial charge in [-0.05, 0) is 58.2 Å². The van der Waals surface area contributed by atoms with Crippen LogP contribution in [-0.2, 0) is 17.8 Å². The summed E-state index contributed by atoms with van der Waals surface area (Å²) < 4.78 is 8.00. The van der Waals surface area contributed by atoms with E-state index in [9.17, 15) is 0 Å². The first-order valence-corrected chi connectivity index (χ1v) is 7.20. The molecule has 2 rings (SSSR count). The lowest BCUT2D eigenvalue weighted by Gasteiger charge is -2.10. The average molecular weight is 250 g/mol. The number of aryl methyl sites for hydroxylation is 1. The quantitative estimate of drug-likeness (QED) is 0.786. The van der Waals surface area contributed by atoms with Gasteiger partial charge >= 0.3 is 0 Å². The van der Waals surface area contributed by atoms with Gasteiger partial charge in [-0.15, -0.1) is 0 Å². The van der Waals surface area contributed by atoms with Crippen LogP contribution >= 0.6 is 0 Å². The maximum atomic E-state index is 5.63. The van der Waals surface area contributed by atoms with E-state index in [1.165, 1.54) is 29.8 Å². The van der Waals surface area contributed by atoms with Crippen LogP contribution in [0.3, 0.4) is 0 Å². The van der Waals surface area contributed by atoms with E-state index in [-0.39, 0.29) is 0 Å². The standard InChI is InChI=1S/C15H26N2O/c1-4-17-12(2)10-14(13(17)3)11-16-8-7-15-6-5-9-18-15/h10,15-16H,4-9,11H2,1-3H3. The van der Waals surface area contributed by atoms with E-state index >= 15 is 0 Å². The molecule has 18 heavy (non-hydrogen) atoms. The summed E-state index contributed by atoms with van der Waals surface area (Å²) in [5.41, 5.74) is 4.20. The third kappa shape index (κ3) is 3.15. The van der Waals surface area contributed by atoms with Crippen LogP contribution in [0.25, 0.3) is 0 Å². The van der Waals surface area contributed by atoms with Crippen LogP contribution in [0.5, 0.6) is 0 Å². The van der Waals surface area contributed by atoms with Crippen molar-refractivity contribution in [2.24, 2.45) is 0 Å². The lowest BCUT2D eigenvalue weighted by atomic mass is 10.2. The zero-order valence-electron chi connectivity index (χ0n) is 12.0. The molecule has 0 amide bonds. The highest BCUT2D eigenvalue weighted by Crippen LogP contribution is 2.16. The van der Waals surface area contributed by atoms with Crippen molar-refractivity contribution in [3.8, 4) is 0 Å². The lowest BCUT2D eigenvalue weighted by Crippen LogP contribution is -2.20. The number of ether oxygens (including phenoxy) is 1. The molecule has 0 radical (unpaired) electrons. The number of nitrogens with one attached hydrogen (secondary N) is 1. The molecular formula is C15H26N2O. The summed E-state index contributed by atoms with van der Waals surface area (Å²) >= 11 is 0. The summed E-state index contributed by atoms with van der Waals surface area (Å²) in [6.07, 6.45) is 4.13. The van der Waals surface area contributed by atoms with Gasteiger partial charge in [-0.2, -0.15) is 0 Å². The van der Waals surface area contributed by atoms with Gasteiger partial charge in [0.2, 0.25) is 0 Å². The Morgan fingerprint density at radius 1 is 1.44 bits per heavy atom. The SMILES string of the molecule is CCn1c(C)cc(CNCCC2CCCO2)c1C. The van der Waals surface area contributed by atoms with Crippen LogP contribution in [0.4, 0.5) is 0 Å². The molecule has 3 nitrogen and oxygen atoms in total. The Balaban J connectivity index is 1.76. The molecule has 1 aromatic rings. The zero-order valence-corrected chi connectivity index (χ0v) is 12.0. The predicted octanol–water partition coefficient (Wildman–Crippen LogP) is 2.78. The normalized spacial score (nSPS) is 19.6. The fraction of sp³-hybridized carbons (Fsp3) is 0.733. The van der Waals surface area contributed by atoms with E-state index in [0.717, 1.165) is 32.7 Å². The molecule has 102 valence electrons. The Morgan fingerprint density at radius 2 is 2.28 bits per heavy atom. The molecular weight excluding hydrogens is 224 g/mol. The fourth-order valence-electron chi connectivity index (χ4n) is 2.90. The second kappa shape index (κ2) is 6.39. The van der Waals surface area contributed by atoms with Gasteiger partial charge in [0.05, 0.1) is 6.10 Å². The second-order valence-corrected chi connectivity index (χ2v) is 5.24. The minimum absolute atomic E-state index is 0.501. The van der Waals surface area contributed by atoms with Crippen molar-refractivity contribution in [2.75, 3.05) is 13.2 Å². The molecule has 0 spiro atoms. The third-order valence-corrected chi connectivity index (χ3v) is 3.98. The van der Waals surface area contributed by atoms with Crippen LogP contribution < -0.4 is 5.32 Å². The van der Waals surface area contributed by atoms with Crippen LogP contribution in [-0.4, -0.2) is 23.8 Å². The summed E-state index contributed by atoms with van der Waals surface area (Å²) in [6, 6.07) is 2.30. The molecule has 1 atom stereocenters. The van der Waals surface area contributed by atoms with Gasteiger partial charge < -0.3 is 14.6 Å². The summed E-state index contributed by atoms with van der Waals surface area (Å²) in [6.45, 7) is 10.7. The summed E-state index contributed by atoms with van der Waals surface area (Å²) in [5.74, 6) is 0. The minimum Gasteiger partial charge on any atom is -0.378 e. The minimum atomic E-state index is 0.501. The van der Waals surface area contributed by atoms with Crippen LogP contribution in [0.1, 0.15) is 43.1 Å². The highest BCUT2D eigenvalue weighted by Gasteiger charge is 2.14. The van der Waals surface area contributed by atoms with Gasteiger partial charge in [0.25, 0.3) is 0 Å². The topological polar surface area (TPSA) is 26.2 Å². The third-order valence-electron chi connectivity index (χ3n) is 3.98. The molecule has 0 saturated carbocycles. The molecule has 3 heteroatoms. The van der Waals surface area contributed by atoms with Crippen molar-refractivity contribution in [1.29, 1.82) is 0 Å². The van der Waals surface area contributed by atoms with Crippen molar-refractivity contribution in [3.05, 3.63) is 23.0 Å². The zero-order chi connectivity index (χ0) is 13.0. The smallest absolute Gasteiger partial charge is 0.0588 e. The number of aromatic nitrogens is 1. The number of nitrogens with zero attached hydrogens (tertiary/aromatic N) is 1. The van der Waals surface area contributed by atoms with Crippen molar-refractivity contribution in [2.45, 2.75) is 59.2 Å². The van der Waals surface area contributed by atoms with E-state index in [1.54, 1.807) is 0 Å². The van der Waals surface area contributed by atoms with Crippen molar-refractivity contribution >= 4 is 0 Å². The number of hydrogen-bond donors (Lipinski definition) is 1. The van der Waals surface area contributed by atoms with E-state index < -0.39 is 0 Å². The van der Waals surface area contributed by atoms with Crippen molar-refractivity contribution in [3.63, 3.8) is 0 Å². The highest BCUT2D eigenvalue weighted by molar-refractivity contribution is 5.26. The molecule has 1 fully saturated rings. The summed E-state index contributed by atoms with van der Waals surface area (Å²) in [5, 5.41) is 3.54. The van der Waals surface area contributed by atoms with Gasteiger partial charge in [-0.1, -0.05) is 0 Å². The molecule has 1 saturated heterocycles. The molecule has 1 unspecified atom stereocenters. The van der Waals surface area contributed by atoms with Gasteiger partial charge in [0, 0.05) is 31.1 Å². The Bertz CT molecular complexity index is 378. The molecule has 0 aliphatic carbocycles. The highest BCUT2D eigenvalue weighted by atomic mass is 16.5. The Morgan fingerprint density at radius 3 is 2.89 bits per heavy atom. The molecule has 0 aromatic carbocycles. The molecule has 1 aromatic heterocycles. The van der Waals surface area contributed by atoms with Crippen LogP contribution in [0, 0.1) is 13.8 Å². The lowest BCUT2D eigenvalue weighted by molar-refractivity contribution is 0.104. The average Bonchev–Trinajstić information content (AvgIpc) is 2.94. The molecule has 2 heterocycles. The Kier molecular flexibility index (Phi) is 4.84. The molecule has 1 N–H and O–H groups in total. The summed E-state index contributed by atoms with van der Waals surface area (Å²) in [7, 11) is 0. The Labute approximate surface area is 111 Å². The van der Waals surface area contributed by atoms with Gasteiger partial charge in [-0.3, -0.25) is 0 Å². The molecule has 1 aliphatic rings. The van der Waals surface area contributed by atoms with Crippen LogP contribution in [0.15, 0.2) is 6.07 Å². The second-order valence-electron chi connectivity index (χ2n) is 5.24. The van der Waals surface area contributed by atoms with Crippen LogP contribution in [0.2, 0.25) is 0 Å².